The van der Waals surface area contributed by atoms with Crippen molar-refractivity contribution in [1.29, 1.82) is 0 Å². The largest absolute Gasteiger partial charge is 0.473 e. The third-order valence-electron chi connectivity index (χ3n) is 5.18. The lowest BCUT2D eigenvalue weighted by Crippen LogP contribution is -2.32. The Morgan fingerprint density at radius 3 is 2.37 bits per heavy atom. The molecule has 5 heteroatoms. The number of pyridine rings is 1. The smallest absolute Gasteiger partial charge is 0.255 e. The van der Waals surface area contributed by atoms with Crippen molar-refractivity contribution >= 4 is 17.7 Å². The van der Waals surface area contributed by atoms with Crippen LogP contribution in [0.5, 0.6) is 5.88 Å². The van der Waals surface area contributed by atoms with Crippen molar-refractivity contribution in [3.8, 4) is 5.88 Å². The molecule has 1 amide bonds. The molecule has 0 aliphatic carbocycles. The van der Waals surface area contributed by atoms with E-state index in [-0.39, 0.29) is 12.0 Å². The van der Waals surface area contributed by atoms with Gasteiger partial charge in [0.2, 0.25) is 5.88 Å². The third-order valence-corrected chi connectivity index (χ3v) is 6.31. The van der Waals surface area contributed by atoms with Gasteiger partial charge in [0, 0.05) is 31.1 Å². The summed E-state index contributed by atoms with van der Waals surface area (Å²) < 4.78 is 5.91. The molecule has 0 radical (unpaired) electrons. The van der Waals surface area contributed by atoms with E-state index in [2.05, 4.69) is 29.2 Å². The highest BCUT2D eigenvalue weighted by Gasteiger charge is 2.19. The fourth-order valence-corrected chi connectivity index (χ4v) is 4.59. The van der Waals surface area contributed by atoms with Gasteiger partial charge in [0.05, 0.1) is 5.56 Å². The van der Waals surface area contributed by atoms with Gasteiger partial charge in [-0.05, 0) is 35.8 Å². The van der Waals surface area contributed by atoms with Crippen LogP contribution < -0.4 is 4.74 Å². The first kappa shape index (κ1) is 20.5. The average molecular weight is 419 g/mol. The molecule has 1 saturated heterocycles. The molecule has 1 unspecified atom stereocenters. The summed E-state index contributed by atoms with van der Waals surface area (Å²) >= 11 is 1.90. The van der Waals surface area contributed by atoms with Crippen LogP contribution in [-0.4, -0.2) is 39.9 Å². The quantitative estimate of drug-likeness (QED) is 0.524. The molecular weight excluding hydrogens is 392 g/mol. The minimum absolute atomic E-state index is 0.00902. The molecule has 0 bridgehead atoms. The van der Waals surface area contributed by atoms with E-state index in [9.17, 15) is 4.79 Å². The molecule has 2 heterocycles. The molecule has 154 valence electrons. The van der Waals surface area contributed by atoms with Crippen LogP contribution in [-0.2, 0) is 13.0 Å². The molecule has 1 aliphatic rings. The molecule has 4 nitrogen and oxygen atoms in total. The van der Waals surface area contributed by atoms with Gasteiger partial charge in [-0.25, -0.2) is 4.98 Å². The number of aromatic nitrogens is 1. The molecule has 4 rings (SSSR count). The van der Waals surface area contributed by atoms with Crippen molar-refractivity contribution in [1.82, 2.24) is 9.88 Å². The lowest BCUT2D eigenvalue weighted by atomic mass is 10.1. The second-order valence-electron chi connectivity index (χ2n) is 7.44. The van der Waals surface area contributed by atoms with E-state index < -0.39 is 0 Å². The molecule has 3 aromatic rings. The SMILES string of the molecule is O=C(c1ccc(OC2CCSC2)nc1)N(CCc1ccccc1)Cc1ccccc1. The normalized spacial score (nSPS) is 15.7. The van der Waals surface area contributed by atoms with Crippen LogP contribution in [0, 0.1) is 0 Å². The fourth-order valence-electron chi connectivity index (χ4n) is 3.50. The summed E-state index contributed by atoms with van der Waals surface area (Å²) in [4.78, 5) is 19.6. The Hall–Kier alpha value is -2.79. The van der Waals surface area contributed by atoms with Crippen molar-refractivity contribution < 1.29 is 9.53 Å². The lowest BCUT2D eigenvalue weighted by molar-refractivity contribution is 0.0744. The topological polar surface area (TPSA) is 42.4 Å². The van der Waals surface area contributed by atoms with Crippen LogP contribution in [0.1, 0.15) is 27.9 Å². The highest BCUT2D eigenvalue weighted by molar-refractivity contribution is 7.99. The van der Waals surface area contributed by atoms with Crippen molar-refractivity contribution in [2.24, 2.45) is 0 Å². The van der Waals surface area contributed by atoms with Crippen LogP contribution in [0.2, 0.25) is 0 Å². The maximum atomic E-state index is 13.3. The standard InChI is InChI=1S/C25H26N2O2S/c28-25(22-11-12-24(26-17-22)29-23-14-16-30-19-23)27(18-21-9-5-2-6-10-21)15-13-20-7-3-1-4-8-20/h1-12,17,23H,13-16,18-19H2. The lowest BCUT2D eigenvalue weighted by Gasteiger charge is -2.23. The number of ether oxygens (including phenoxy) is 1. The van der Waals surface area contributed by atoms with Gasteiger partial charge in [0.15, 0.2) is 0 Å². The first-order valence-electron chi connectivity index (χ1n) is 10.4. The highest BCUT2D eigenvalue weighted by atomic mass is 32.2. The van der Waals surface area contributed by atoms with Gasteiger partial charge in [-0.3, -0.25) is 4.79 Å². The summed E-state index contributed by atoms with van der Waals surface area (Å²) in [6.45, 7) is 1.22. The van der Waals surface area contributed by atoms with Crippen LogP contribution in [0.4, 0.5) is 0 Å². The van der Waals surface area contributed by atoms with E-state index in [0.717, 1.165) is 29.9 Å². The zero-order chi connectivity index (χ0) is 20.6. The third kappa shape index (κ3) is 5.63. The Morgan fingerprint density at radius 1 is 1.00 bits per heavy atom. The number of hydrogen-bond acceptors (Lipinski definition) is 4. The summed E-state index contributed by atoms with van der Waals surface area (Å²) in [6, 6.07) is 24.0. The molecule has 0 N–H and O–H groups in total. The minimum atomic E-state index is -0.00902. The van der Waals surface area contributed by atoms with E-state index in [0.29, 0.717) is 24.5 Å². The molecule has 1 atom stereocenters. The molecule has 30 heavy (non-hydrogen) atoms. The zero-order valence-electron chi connectivity index (χ0n) is 16.9. The van der Waals surface area contributed by atoms with E-state index in [1.165, 1.54) is 5.56 Å². The molecule has 1 aromatic heterocycles. The zero-order valence-corrected chi connectivity index (χ0v) is 17.8. The Labute approximate surface area is 182 Å². The number of carbonyl (C=O) groups excluding carboxylic acids is 1. The van der Waals surface area contributed by atoms with Crippen LogP contribution in [0.25, 0.3) is 0 Å². The summed E-state index contributed by atoms with van der Waals surface area (Å²) in [7, 11) is 0. The Kier molecular flexibility index (Phi) is 7.03. The van der Waals surface area contributed by atoms with Gasteiger partial charge in [-0.1, -0.05) is 60.7 Å². The number of hydrogen-bond donors (Lipinski definition) is 0. The monoisotopic (exact) mass is 418 g/mol. The molecule has 1 fully saturated rings. The average Bonchev–Trinajstić information content (AvgIpc) is 3.31. The number of nitrogens with zero attached hydrogens (tertiary/aromatic N) is 2. The summed E-state index contributed by atoms with van der Waals surface area (Å²) in [5.74, 6) is 2.73. The molecule has 0 saturated carbocycles. The van der Waals surface area contributed by atoms with Crippen molar-refractivity contribution in [2.45, 2.75) is 25.5 Å². The van der Waals surface area contributed by atoms with Crippen LogP contribution >= 0.6 is 11.8 Å². The van der Waals surface area contributed by atoms with E-state index in [4.69, 9.17) is 4.74 Å². The van der Waals surface area contributed by atoms with Gasteiger partial charge in [-0.2, -0.15) is 11.8 Å². The molecule has 1 aliphatic heterocycles. The number of rotatable bonds is 8. The molecule has 0 spiro atoms. The first-order chi connectivity index (χ1) is 14.8. The summed E-state index contributed by atoms with van der Waals surface area (Å²) in [5, 5.41) is 0. The predicted molar refractivity (Wildman–Crippen MR) is 122 cm³/mol. The van der Waals surface area contributed by atoms with E-state index in [1.807, 2.05) is 65.2 Å². The van der Waals surface area contributed by atoms with Gasteiger partial charge in [0.25, 0.3) is 5.91 Å². The minimum Gasteiger partial charge on any atom is -0.473 e. The van der Waals surface area contributed by atoms with Crippen molar-refractivity contribution in [2.75, 3.05) is 18.1 Å². The highest BCUT2D eigenvalue weighted by Crippen LogP contribution is 2.22. The second-order valence-corrected chi connectivity index (χ2v) is 8.59. The first-order valence-corrected chi connectivity index (χ1v) is 11.5. The Balaban J connectivity index is 1.46. The van der Waals surface area contributed by atoms with Crippen molar-refractivity contribution in [3.63, 3.8) is 0 Å². The number of carbonyl (C=O) groups is 1. The van der Waals surface area contributed by atoms with Gasteiger partial charge in [0.1, 0.15) is 6.10 Å². The Bertz CT molecular complexity index is 926. The fraction of sp³-hybridized carbons (Fsp3) is 0.280. The number of thioether (sulfide) groups is 1. The van der Waals surface area contributed by atoms with Gasteiger partial charge >= 0.3 is 0 Å². The van der Waals surface area contributed by atoms with E-state index in [1.54, 1.807) is 6.20 Å². The maximum absolute atomic E-state index is 13.3. The van der Waals surface area contributed by atoms with Crippen LogP contribution in [0.3, 0.4) is 0 Å². The summed E-state index contributed by atoms with van der Waals surface area (Å²) in [5.41, 5.74) is 2.93. The Morgan fingerprint density at radius 2 is 1.73 bits per heavy atom. The number of amides is 1. The summed E-state index contributed by atoms with van der Waals surface area (Å²) in [6.07, 6.45) is 3.73. The van der Waals surface area contributed by atoms with Gasteiger partial charge < -0.3 is 9.64 Å². The predicted octanol–water partition coefficient (Wildman–Crippen LogP) is 4.85. The maximum Gasteiger partial charge on any atom is 0.255 e. The van der Waals surface area contributed by atoms with E-state index >= 15 is 0 Å². The second kappa shape index (κ2) is 10.3. The van der Waals surface area contributed by atoms with Gasteiger partial charge in [-0.15, -0.1) is 0 Å². The molecular formula is C25H26N2O2S. The number of benzene rings is 2. The van der Waals surface area contributed by atoms with Crippen molar-refractivity contribution in [3.05, 3.63) is 95.7 Å². The van der Waals surface area contributed by atoms with Crippen LogP contribution in [0.15, 0.2) is 79.0 Å². The molecule has 2 aromatic carbocycles.